The highest BCUT2D eigenvalue weighted by atomic mass is 19.1. The zero-order valence-electron chi connectivity index (χ0n) is 41.0. The Morgan fingerprint density at radius 3 is 1.97 bits per heavy atom. The number of piperazine rings is 1. The molecule has 6 unspecified atom stereocenters. The Balaban J connectivity index is 1.14. The van der Waals surface area contributed by atoms with Gasteiger partial charge in [0.25, 0.3) is 5.91 Å². The molecular weight excluding hydrogens is 907 g/mol. The second kappa shape index (κ2) is 21.4. The van der Waals surface area contributed by atoms with Crippen molar-refractivity contribution in [1.29, 1.82) is 0 Å². The molecule has 0 aliphatic carbocycles. The van der Waals surface area contributed by atoms with Gasteiger partial charge in [0.05, 0.1) is 44.2 Å². The predicted molar refractivity (Wildman–Crippen MR) is 257 cm³/mol. The van der Waals surface area contributed by atoms with Crippen molar-refractivity contribution in [1.82, 2.24) is 46.0 Å². The number of aliphatic hydroxyl groups is 1. The van der Waals surface area contributed by atoms with Crippen molar-refractivity contribution < 1.29 is 47.6 Å². The van der Waals surface area contributed by atoms with Crippen LogP contribution in [-0.2, 0) is 39.1 Å². The molecule has 3 fully saturated rings. The molecule has 20 heteroatoms. The molecule has 2 aromatic heterocycles. The third kappa shape index (κ3) is 12.4. The summed E-state index contributed by atoms with van der Waals surface area (Å²) < 4.78 is 43.7. The van der Waals surface area contributed by atoms with E-state index in [0.717, 1.165) is 60.4 Å². The highest BCUT2D eigenvalue weighted by Crippen LogP contribution is 2.36. The van der Waals surface area contributed by atoms with Crippen molar-refractivity contribution in [2.24, 2.45) is 17.9 Å². The summed E-state index contributed by atoms with van der Waals surface area (Å²) in [6.45, 7) is 12.4. The fourth-order valence-corrected chi connectivity index (χ4v) is 9.53. The Morgan fingerprint density at radius 1 is 0.843 bits per heavy atom. The van der Waals surface area contributed by atoms with Gasteiger partial charge in [0.15, 0.2) is 0 Å². The van der Waals surface area contributed by atoms with E-state index in [4.69, 9.17) is 14.5 Å². The second-order valence-electron chi connectivity index (χ2n) is 20.8. The van der Waals surface area contributed by atoms with E-state index in [1.807, 2.05) is 42.6 Å². The van der Waals surface area contributed by atoms with E-state index in [0.29, 0.717) is 29.4 Å². The standard InChI is InChI=1S/C50H66F2N10O8/c1-49(2,3)43(56-48(68)69-8)45(64)54-40(19-29-9-11-30(12-10-29)31-13-16-42(53-22-31)60-23-33-14-15-34(24-60)62(33)35-27-70-28-35)41(63)26-61(58-46(65)44(50(4,5)6)55-47(66)67)25-36-37(51)20-32(21-38(36)52)39-17-18-59(7)57-39/h9-13,16-18,20-22,33-35,40-41,43-44,55,63H,14-15,19,23-28H2,1-8H3,(H,54,64)(H,56,68)(H,58,65)(H,66,67). The van der Waals surface area contributed by atoms with Crippen LogP contribution in [0.25, 0.3) is 22.4 Å². The molecule has 5 heterocycles. The fraction of sp³-hybridized carbons (Fsp3) is 0.520. The van der Waals surface area contributed by atoms with Gasteiger partial charge < -0.3 is 40.5 Å². The zero-order chi connectivity index (χ0) is 50.7. The van der Waals surface area contributed by atoms with Gasteiger partial charge in [0.2, 0.25) is 5.91 Å². The smallest absolute Gasteiger partial charge is 0.407 e. The first-order valence-corrected chi connectivity index (χ1v) is 23.6. The van der Waals surface area contributed by atoms with Crippen LogP contribution in [0.5, 0.6) is 0 Å². The molecule has 4 amide bonds. The number of hydrogen-bond donors (Lipinski definition) is 6. The summed E-state index contributed by atoms with van der Waals surface area (Å²) in [5.74, 6) is -2.53. The highest BCUT2D eigenvalue weighted by Gasteiger charge is 2.45. The lowest BCUT2D eigenvalue weighted by atomic mass is 9.85. The number of methoxy groups -OCH3 is 1. The number of benzene rings is 2. The van der Waals surface area contributed by atoms with Gasteiger partial charge in [-0.05, 0) is 71.6 Å². The number of anilines is 1. The van der Waals surface area contributed by atoms with Crippen LogP contribution in [0.15, 0.2) is 67.0 Å². The molecule has 70 heavy (non-hydrogen) atoms. The van der Waals surface area contributed by atoms with Crippen LogP contribution < -0.4 is 26.3 Å². The van der Waals surface area contributed by atoms with Crippen molar-refractivity contribution in [3.63, 3.8) is 0 Å². The van der Waals surface area contributed by atoms with Crippen LogP contribution in [0.3, 0.4) is 0 Å². The topological polar surface area (TPSA) is 216 Å². The number of alkyl carbamates (subject to hydrolysis) is 1. The summed E-state index contributed by atoms with van der Waals surface area (Å²) in [4.78, 5) is 62.2. The van der Waals surface area contributed by atoms with Crippen molar-refractivity contribution in [2.75, 3.05) is 44.9 Å². The number of ether oxygens (including phenoxy) is 2. The summed E-state index contributed by atoms with van der Waals surface area (Å²) in [6.07, 6.45) is 1.96. The van der Waals surface area contributed by atoms with E-state index in [1.54, 1.807) is 60.9 Å². The summed E-state index contributed by atoms with van der Waals surface area (Å²) in [6, 6.07) is 13.3. The summed E-state index contributed by atoms with van der Waals surface area (Å²) in [5.41, 5.74) is 3.26. The van der Waals surface area contributed by atoms with Crippen LogP contribution in [0.1, 0.15) is 65.5 Å². The number of aromatic nitrogens is 3. The van der Waals surface area contributed by atoms with Crippen molar-refractivity contribution in [3.05, 3.63) is 89.8 Å². The molecule has 3 aliphatic heterocycles. The van der Waals surface area contributed by atoms with Gasteiger partial charge in [-0.1, -0.05) is 65.8 Å². The highest BCUT2D eigenvalue weighted by molar-refractivity contribution is 5.87. The summed E-state index contributed by atoms with van der Waals surface area (Å²) in [5, 5.41) is 34.8. The minimum Gasteiger partial charge on any atom is -0.465 e. The Kier molecular flexibility index (Phi) is 15.8. The van der Waals surface area contributed by atoms with E-state index in [1.165, 1.54) is 24.6 Å². The average Bonchev–Trinajstić information content (AvgIpc) is 3.81. The number of carbonyl (C=O) groups excluding carboxylic acids is 3. The van der Waals surface area contributed by atoms with Crippen molar-refractivity contribution in [2.45, 2.75) is 110 Å². The maximum Gasteiger partial charge on any atom is 0.407 e. The van der Waals surface area contributed by atoms with E-state index in [9.17, 15) is 29.4 Å². The van der Waals surface area contributed by atoms with E-state index in [2.05, 4.69) is 36.3 Å². The van der Waals surface area contributed by atoms with Gasteiger partial charge in [-0.2, -0.15) is 5.10 Å². The molecule has 4 aromatic rings. The Hall–Kier alpha value is -6.22. The molecule has 2 aromatic carbocycles. The number of hydrazine groups is 1. The van der Waals surface area contributed by atoms with Crippen LogP contribution in [0.4, 0.5) is 24.2 Å². The maximum atomic E-state index is 16.0. The molecule has 3 aliphatic rings. The maximum absolute atomic E-state index is 16.0. The fourth-order valence-electron chi connectivity index (χ4n) is 9.53. The molecule has 0 radical (unpaired) electrons. The molecule has 0 saturated carbocycles. The van der Waals surface area contributed by atoms with Crippen LogP contribution in [-0.4, -0.2) is 141 Å². The van der Waals surface area contributed by atoms with E-state index < -0.39 is 89.3 Å². The number of fused-ring (bicyclic) bond motifs is 2. The molecular formula is C50H66F2N10O8. The van der Waals surface area contributed by atoms with Gasteiger partial charge in [0, 0.05) is 74.4 Å². The SMILES string of the molecule is COC(=O)NC(C(=O)NC(Cc1ccc(-c2ccc(N3CC4CCC(C3)N4C3COC3)nc2)cc1)C(O)CN(Cc1c(F)cc(-c2ccn(C)n2)cc1F)NC(=O)C(NC(=O)O)C(C)(C)C)C(C)(C)C. The predicted octanol–water partition coefficient (Wildman–Crippen LogP) is 4.85. The number of nitrogens with zero attached hydrogens (tertiary/aromatic N) is 6. The molecule has 6 atom stereocenters. The van der Waals surface area contributed by atoms with Gasteiger partial charge in [-0.3, -0.25) is 24.6 Å². The zero-order valence-corrected chi connectivity index (χ0v) is 41.0. The molecule has 6 N–H and O–H groups in total. The lowest BCUT2D eigenvalue weighted by Crippen LogP contribution is -2.62. The quantitative estimate of drug-likeness (QED) is 0.0782. The largest absolute Gasteiger partial charge is 0.465 e. The number of halogens is 2. The number of hydrogen-bond acceptors (Lipinski definition) is 12. The van der Waals surface area contributed by atoms with Gasteiger partial charge in [0.1, 0.15) is 29.5 Å². The first-order chi connectivity index (χ1) is 33.1. The molecule has 2 bridgehead atoms. The van der Waals surface area contributed by atoms with E-state index in [-0.39, 0.29) is 12.0 Å². The van der Waals surface area contributed by atoms with Gasteiger partial charge in [-0.15, -0.1) is 0 Å². The summed E-state index contributed by atoms with van der Waals surface area (Å²) >= 11 is 0. The molecule has 7 rings (SSSR count). The van der Waals surface area contributed by atoms with Crippen molar-refractivity contribution in [3.8, 4) is 22.4 Å². The third-order valence-electron chi connectivity index (χ3n) is 13.3. The number of amides is 4. The van der Waals surface area contributed by atoms with Crippen LogP contribution in [0.2, 0.25) is 0 Å². The molecule has 3 saturated heterocycles. The first kappa shape index (κ1) is 51.6. The van der Waals surface area contributed by atoms with Crippen molar-refractivity contribution >= 4 is 29.8 Å². The number of aliphatic hydroxyl groups excluding tert-OH is 1. The normalized spacial score (nSPS) is 19.2. The second-order valence-corrected chi connectivity index (χ2v) is 20.8. The average molecular weight is 973 g/mol. The first-order valence-electron chi connectivity index (χ1n) is 23.6. The Morgan fingerprint density at radius 2 is 1.46 bits per heavy atom. The Bertz CT molecular complexity index is 2450. The lowest BCUT2D eigenvalue weighted by Gasteiger charge is -2.48. The summed E-state index contributed by atoms with van der Waals surface area (Å²) in [7, 11) is 2.83. The van der Waals surface area contributed by atoms with Crippen LogP contribution >= 0.6 is 0 Å². The number of carbonyl (C=O) groups is 4. The lowest BCUT2D eigenvalue weighted by molar-refractivity contribution is -0.132. The minimum absolute atomic E-state index is 0.0230. The van der Waals surface area contributed by atoms with E-state index >= 15 is 8.78 Å². The Labute approximate surface area is 407 Å². The minimum atomic E-state index is -1.56. The number of aryl methyl sites for hydroxylation is 1. The van der Waals surface area contributed by atoms with Gasteiger partial charge >= 0.3 is 12.2 Å². The molecule has 378 valence electrons. The monoisotopic (exact) mass is 973 g/mol. The number of pyridine rings is 1. The molecule has 0 spiro atoms. The van der Waals surface area contributed by atoms with Gasteiger partial charge in [-0.25, -0.2) is 28.4 Å². The molecule has 18 nitrogen and oxygen atoms in total. The number of carboxylic acid groups (broad SMARTS) is 1. The third-order valence-corrected chi connectivity index (χ3v) is 13.3. The number of nitrogens with one attached hydrogen (secondary N) is 4. The van der Waals surface area contributed by atoms with Crippen LogP contribution in [0, 0.1) is 22.5 Å². The number of rotatable bonds is 17.